The quantitative estimate of drug-likeness (QED) is 0.805. The van der Waals surface area contributed by atoms with Gasteiger partial charge in [0.2, 0.25) is 0 Å². The summed E-state index contributed by atoms with van der Waals surface area (Å²) in [4.78, 5) is 15.8. The van der Waals surface area contributed by atoms with Gasteiger partial charge in [-0.05, 0) is 25.5 Å². The highest BCUT2D eigenvalue weighted by Crippen LogP contribution is 2.15. The van der Waals surface area contributed by atoms with Crippen molar-refractivity contribution in [1.82, 2.24) is 4.90 Å². The Morgan fingerprint density at radius 2 is 1.94 bits per heavy atom. The number of benzene rings is 1. The molecule has 1 aromatic rings. The fraction of sp³-hybridized carbons (Fsp3) is 0.500. The molecule has 4 heteroatoms. The number of carbonyl (C=O) groups is 1. The molecule has 1 aliphatic heterocycles. The third-order valence-electron chi connectivity index (χ3n) is 3.14. The molecule has 1 saturated heterocycles. The topological polar surface area (TPSA) is 32.8 Å². The minimum atomic E-state index is -0.188. The monoisotopic (exact) mass is 248 g/mol. The number of amides is 1. The summed E-state index contributed by atoms with van der Waals surface area (Å²) in [6.07, 6.45) is 0.792. The molecule has 0 unspecified atom stereocenters. The van der Waals surface area contributed by atoms with Crippen molar-refractivity contribution in [1.29, 1.82) is 0 Å². The number of hydrogen-bond acceptors (Lipinski definition) is 3. The molecule has 1 amide bonds. The van der Waals surface area contributed by atoms with Crippen LogP contribution in [0.25, 0.3) is 0 Å². The number of ether oxygens (including phenoxy) is 1. The number of carbonyl (C=O) groups excluding carboxylic acids is 1. The highest BCUT2D eigenvalue weighted by atomic mass is 16.6. The summed E-state index contributed by atoms with van der Waals surface area (Å²) in [5.74, 6) is 0. The average Bonchev–Trinajstić information content (AvgIpc) is 2.66. The van der Waals surface area contributed by atoms with Crippen LogP contribution in [0.3, 0.4) is 0 Å². The Morgan fingerprint density at radius 1 is 1.17 bits per heavy atom. The van der Waals surface area contributed by atoms with E-state index < -0.39 is 0 Å². The van der Waals surface area contributed by atoms with Crippen molar-refractivity contribution in [2.75, 3.05) is 37.7 Å². The lowest BCUT2D eigenvalue weighted by atomic mass is 10.3. The number of nitrogens with zero attached hydrogens (tertiary/aromatic N) is 2. The van der Waals surface area contributed by atoms with Gasteiger partial charge in [-0.25, -0.2) is 4.79 Å². The van der Waals surface area contributed by atoms with Crippen LogP contribution >= 0.6 is 0 Å². The Hall–Kier alpha value is -1.71. The van der Waals surface area contributed by atoms with E-state index in [9.17, 15) is 4.79 Å². The van der Waals surface area contributed by atoms with E-state index in [1.54, 1.807) is 4.90 Å². The standard InChI is InChI=1S/C14H20N2O2/c1-2-18-14(17)16-10-6-9-15(11-12-16)13-7-4-3-5-8-13/h3-5,7-8H,2,6,9-12H2,1H3. The second-order valence-electron chi connectivity index (χ2n) is 4.36. The Morgan fingerprint density at radius 3 is 2.67 bits per heavy atom. The first kappa shape index (κ1) is 12.7. The van der Waals surface area contributed by atoms with Crippen molar-refractivity contribution in [3.8, 4) is 0 Å². The van der Waals surface area contributed by atoms with Gasteiger partial charge in [-0.3, -0.25) is 0 Å². The Kier molecular flexibility index (Phi) is 4.45. The zero-order chi connectivity index (χ0) is 12.8. The number of hydrogen-bond donors (Lipinski definition) is 0. The first-order valence-electron chi connectivity index (χ1n) is 6.53. The third kappa shape index (κ3) is 3.15. The maximum Gasteiger partial charge on any atom is 0.409 e. The van der Waals surface area contributed by atoms with E-state index in [-0.39, 0.29) is 6.09 Å². The second-order valence-corrected chi connectivity index (χ2v) is 4.36. The molecule has 2 rings (SSSR count). The molecule has 4 nitrogen and oxygen atoms in total. The predicted molar refractivity (Wildman–Crippen MR) is 71.9 cm³/mol. The van der Waals surface area contributed by atoms with Crippen LogP contribution in [-0.2, 0) is 4.74 Å². The zero-order valence-corrected chi connectivity index (χ0v) is 10.8. The van der Waals surface area contributed by atoms with E-state index in [1.165, 1.54) is 5.69 Å². The summed E-state index contributed by atoms with van der Waals surface area (Å²) in [6, 6.07) is 10.3. The summed E-state index contributed by atoms with van der Waals surface area (Å²) in [6.45, 7) is 5.64. The second kappa shape index (κ2) is 6.28. The van der Waals surface area contributed by atoms with Gasteiger partial charge in [0.05, 0.1) is 6.61 Å². The minimum Gasteiger partial charge on any atom is -0.450 e. The molecular weight excluding hydrogens is 228 g/mol. The van der Waals surface area contributed by atoms with Gasteiger partial charge in [0.1, 0.15) is 0 Å². The Bertz CT molecular complexity index is 381. The van der Waals surface area contributed by atoms with Crippen molar-refractivity contribution < 1.29 is 9.53 Å². The minimum absolute atomic E-state index is 0.188. The summed E-state index contributed by atoms with van der Waals surface area (Å²) < 4.78 is 5.05. The van der Waals surface area contributed by atoms with Crippen molar-refractivity contribution >= 4 is 11.8 Å². The van der Waals surface area contributed by atoms with E-state index in [0.717, 1.165) is 32.6 Å². The third-order valence-corrected chi connectivity index (χ3v) is 3.14. The first-order chi connectivity index (χ1) is 8.81. The van der Waals surface area contributed by atoms with Gasteiger partial charge in [-0.15, -0.1) is 0 Å². The van der Waals surface area contributed by atoms with Crippen LogP contribution in [0.4, 0.5) is 10.5 Å². The lowest BCUT2D eigenvalue weighted by Gasteiger charge is -2.23. The number of rotatable bonds is 2. The lowest BCUT2D eigenvalue weighted by molar-refractivity contribution is 0.110. The largest absolute Gasteiger partial charge is 0.450 e. The van der Waals surface area contributed by atoms with E-state index in [0.29, 0.717) is 6.61 Å². The van der Waals surface area contributed by atoms with Gasteiger partial charge in [-0.1, -0.05) is 18.2 Å². The highest BCUT2D eigenvalue weighted by Gasteiger charge is 2.19. The summed E-state index contributed by atoms with van der Waals surface area (Å²) in [7, 11) is 0. The van der Waals surface area contributed by atoms with Gasteiger partial charge >= 0.3 is 6.09 Å². The van der Waals surface area contributed by atoms with E-state index in [2.05, 4.69) is 17.0 Å². The van der Waals surface area contributed by atoms with Crippen molar-refractivity contribution in [2.45, 2.75) is 13.3 Å². The van der Waals surface area contributed by atoms with Crippen LogP contribution in [-0.4, -0.2) is 43.8 Å². The van der Waals surface area contributed by atoms with Gasteiger partial charge in [0, 0.05) is 31.9 Å². The number of para-hydroxylation sites is 1. The molecule has 0 saturated carbocycles. The van der Waals surface area contributed by atoms with Gasteiger partial charge in [-0.2, -0.15) is 0 Å². The van der Waals surface area contributed by atoms with Crippen LogP contribution in [0.15, 0.2) is 30.3 Å². The predicted octanol–water partition coefficient (Wildman–Crippen LogP) is 2.36. The maximum absolute atomic E-state index is 11.7. The fourth-order valence-electron chi connectivity index (χ4n) is 2.21. The summed E-state index contributed by atoms with van der Waals surface area (Å²) in [5, 5.41) is 0. The normalized spacial score (nSPS) is 16.3. The van der Waals surface area contributed by atoms with Crippen LogP contribution in [0, 0.1) is 0 Å². The highest BCUT2D eigenvalue weighted by molar-refractivity contribution is 5.67. The molecule has 0 spiro atoms. The van der Waals surface area contributed by atoms with Crippen molar-refractivity contribution in [3.05, 3.63) is 30.3 Å². The van der Waals surface area contributed by atoms with Gasteiger partial charge < -0.3 is 14.5 Å². The molecular formula is C14H20N2O2. The van der Waals surface area contributed by atoms with Crippen LogP contribution in [0.5, 0.6) is 0 Å². The molecule has 0 aliphatic carbocycles. The zero-order valence-electron chi connectivity index (χ0n) is 10.8. The first-order valence-corrected chi connectivity index (χ1v) is 6.53. The summed E-state index contributed by atoms with van der Waals surface area (Å²) in [5.41, 5.74) is 1.23. The summed E-state index contributed by atoms with van der Waals surface area (Å²) >= 11 is 0. The Labute approximate surface area is 108 Å². The molecule has 0 N–H and O–H groups in total. The maximum atomic E-state index is 11.7. The smallest absolute Gasteiger partial charge is 0.409 e. The molecule has 0 bridgehead atoms. The molecule has 18 heavy (non-hydrogen) atoms. The van der Waals surface area contributed by atoms with Crippen LogP contribution < -0.4 is 4.90 Å². The fourth-order valence-corrected chi connectivity index (χ4v) is 2.21. The molecule has 0 atom stereocenters. The van der Waals surface area contributed by atoms with E-state index >= 15 is 0 Å². The molecule has 1 aliphatic rings. The van der Waals surface area contributed by atoms with Crippen LogP contribution in [0.2, 0.25) is 0 Å². The molecule has 0 radical (unpaired) electrons. The van der Waals surface area contributed by atoms with Crippen molar-refractivity contribution in [2.24, 2.45) is 0 Å². The molecule has 1 heterocycles. The lowest BCUT2D eigenvalue weighted by Crippen LogP contribution is -2.35. The van der Waals surface area contributed by atoms with E-state index in [1.807, 2.05) is 25.1 Å². The molecule has 1 aromatic carbocycles. The van der Waals surface area contributed by atoms with Crippen LogP contribution in [0.1, 0.15) is 13.3 Å². The SMILES string of the molecule is CCOC(=O)N1CCCN(c2ccccc2)CC1. The average molecular weight is 248 g/mol. The molecule has 0 aromatic heterocycles. The van der Waals surface area contributed by atoms with Crippen molar-refractivity contribution in [3.63, 3.8) is 0 Å². The Balaban J connectivity index is 1.94. The number of anilines is 1. The molecule has 1 fully saturated rings. The van der Waals surface area contributed by atoms with Gasteiger partial charge in [0.15, 0.2) is 0 Å². The van der Waals surface area contributed by atoms with Gasteiger partial charge in [0.25, 0.3) is 0 Å². The van der Waals surface area contributed by atoms with E-state index in [4.69, 9.17) is 4.74 Å². The molecule has 98 valence electrons.